The first-order valence-corrected chi connectivity index (χ1v) is 7.96. The number of carbonyl (C=O) groups is 1. The number of rotatable bonds is 5. The fraction of sp³-hybridized carbons (Fsp3) is 0. The van der Waals surface area contributed by atoms with Gasteiger partial charge in [-0.25, -0.2) is 9.37 Å². The molecule has 0 aliphatic heterocycles. The molecule has 0 saturated carbocycles. The molecule has 0 aliphatic carbocycles. The van der Waals surface area contributed by atoms with Gasteiger partial charge in [-0.2, -0.15) is 0 Å². The maximum absolute atomic E-state index is 12.9. The summed E-state index contributed by atoms with van der Waals surface area (Å²) in [5.41, 5.74) is 16.1. The van der Waals surface area contributed by atoms with Crippen molar-refractivity contribution in [1.82, 2.24) is 10.4 Å². The van der Waals surface area contributed by atoms with Crippen molar-refractivity contribution in [2.24, 2.45) is 5.11 Å². The van der Waals surface area contributed by atoms with Gasteiger partial charge in [-0.3, -0.25) is 15.6 Å². The minimum Gasteiger partial charge on any atom is -0.273 e. The standard InChI is InChI=1S/C16H11FN6OS/c17-12-5-1-11(2-6-12)15(24)21-22-16-19-14(9-25-16)10-3-7-13(8-4-10)20-23-18/h1-9H,(H,19,22)(H,21,24). The molecule has 1 aromatic heterocycles. The number of anilines is 1. The Balaban J connectivity index is 1.64. The third kappa shape index (κ3) is 4.11. The number of thiazole rings is 1. The van der Waals surface area contributed by atoms with Crippen LogP contribution in [-0.4, -0.2) is 10.9 Å². The van der Waals surface area contributed by atoms with Gasteiger partial charge < -0.3 is 0 Å². The highest BCUT2D eigenvalue weighted by Crippen LogP contribution is 2.26. The van der Waals surface area contributed by atoms with Crippen molar-refractivity contribution in [2.45, 2.75) is 0 Å². The number of nitrogens with zero attached hydrogens (tertiary/aromatic N) is 4. The summed E-state index contributed by atoms with van der Waals surface area (Å²) in [7, 11) is 0. The van der Waals surface area contributed by atoms with Crippen LogP contribution >= 0.6 is 11.3 Å². The predicted octanol–water partition coefficient (Wildman–Crippen LogP) is 4.65. The second-order valence-corrected chi connectivity index (χ2v) is 5.72. The molecule has 0 radical (unpaired) electrons. The second kappa shape index (κ2) is 7.43. The van der Waals surface area contributed by atoms with E-state index < -0.39 is 11.7 Å². The van der Waals surface area contributed by atoms with E-state index in [0.29, 0.717) is 16.4 Å². The molecule has 7 nitrogen and oxygen atoms in total. The normalized spacial score (nSPS) is 9.96. The van der Waals surface area contributed by atoms with Gasteiger partial charge in [-0.05, 0) is 29.8 Å². The smallest absolute Gasteiger partial charge is 0.269 e. The monoisotopic (exact) mass is 354 g/mol. The van der Waals surface area contributed by atoms with Gasteiger partial charge in [0.05, 0.1) is 5.69 Å². The van der Waals surface area contributed by atoms with Crippen LogP contribution in [0.1, 0.15) is 10.4 Å². The number of hydrazine groups is 1. The summed E-state index contributed by atoms with van der Waals surface area (Å²) in [5, 5.41) is 5.84. The lowest BCUT2D eigenvalue weighted by atomic mass is 10.1. The number of amides is 1. The van der Waals surface area contributed by atoms with E-state index in [0.717, 1.165) is 11.3 Å². The maximum Gasteiger partial charge on any atom is 0.269 e. The number of azide groups is 1. The lowest BCUT2D eigenvalue weighted by Crippen LogP contribution is -2.29. The van der Waals surface area contributed by atoms with Gasteiger partial charge in [0.15, 0.2) is 0 Å². The molecule has 2 aromatic carbocycles. The van der Waals surface area contributed by atoms with Gasteiger partial charge >= 0.3 is 0 Å². The molecule has 3 rings (SSSR count). The number of carbonyl (C=O) groups excluding carboxylic acids is 1. The maximum atomic E-state index is 12.9. The SMILES string of the molecule is [N-]=[N+]=Nc1ccc(-c2csc(NNC(=O)c3ccc(F)cc3)n2)cc1. The zero-order valence-electron chi connectivity index (χ0n) is 12.7. The van der Waals surface area contributed by atoms with Crippen LogP contribution in [0.4, 0.5) is 15.2 Å². The Morgan fingerprint density at radius 2 is 1.88 bits per heavy atom. The highest BCUT2D eigenvalue weighted by Gasteiger charge is 2.08. The van der Waals surface area contributed by atoms with Gasteiger partial charge in [0.25, 0.3) is 5.91 Å². The Hall–Kier alpha value is -3.42. The Labute approximate surface area is 145 Å². The average molecular weight is 354 g/mol. The van der Waals surface area contributed by atoms with E-state index in [1.807, 2.05) is 5.38 Å². The highest BCUT2D eigenvalue weighted by molar-refractivity contribution is 7.14. The first-order valence-electron chi connectivity index (χ1n) is 7.09. The van der Waals surface area contributed by atoms with Crippen molar-refractivity contribution in [3.05, 3.63) is 75.7 Å². The molecule has 0 unspecified atom stereocenters. The van der Waals surface area contributed by atoms with Gasteiger partial charge in [-0.15, -0.1) is 11.3 Å². The molecule has 0 atom stereocenters. The van der Waals surface area contributed by atoms with Crippen molar-refractivity contribution in [3.63, 3.8) is 0 Å². The topological polar surface area (TPSA) is 103 Å². The van der Waals surface area contributed by atoms with Crippen molar-refractivity contribution in [1.29, 1.82) is 0 Å². The number of hydrogen-bond donors (Lipinski definition) is 2. The van der Waals surface area contributed by atoms with Gasteiger partial charge in [0.2, 0.25) is 5.13 Å². The van der Waals surface area contributed by atoms with Crippen LogP contribution < -0.4 is 10.9 Å². The summed E-state index contributed by atoms with van der Waals surface area (Å²) >= 11 is 1.32. The van der Waals surface area contributed by atoms with E-state index in [1.165, 1.54) is 35.6 Å². The summed E-state index contributed by atoms with van der Waals surface area (Å²) in [6.45, 7) is 0. The van der Waals surface area contributed by atoms with Gasteiger partial charge in [-0.1, -0.05) is 29.4 Å². The summed E-state index contributed by atoms with van der Waals surface area (Å²) in [6.07, 6.45) is 0. The van der Waals surface area contributed by atoms with E-state index in [4.69, 9.17) is 5.53 Å². The van der Waals surface area contributed by atoms with E-state index in [1.54, 1.807) is 24.3 Å². The molecule has 3 aromatic rings. The van der Waals surface area contributed by atoms with Crippen LogP contribution in [0.3, 0.4) is 0 Å². The fourth-order valence-corrected chi connectivity index (χ4v) is 2.67. The molecule has 1 heterocycles. The molecule has 25 heavy (non-hydrogen) atoms. The van der Waals surface area contributed by atoms with Gasteiger partial charge in [0, 0.05) is 27.1 Å². The lowest BCUT2D eigenvalue weighted by molar-refractivity contribution is 0.0962. The third-order valence-electron chi connectivity index (χ3n) is 3.22. The van der Waals surface area contributed by atoms with Crippen LogP contribution in [0.5, 0.6) is 0 Å². The molecule has 2 N–H and O–H groups in total. The quantitative estimate of drug-likeness (QED) is 0.302. The largest absolute Gasteiger partial charge is 0.273 e. The van der Waals surface area contributed by atoms with Crippen molar-refractivity contribution < 1.29 is 9.18 Å². The van der Waals surface area contributed by atoms with E-state index in [2.05, 4.69) is 25.9 Å². The lowest BCUT2D eigenvalue weighted by Gasteiger charge is -2.05. The fourth-order valence-electron chi connectivity index (χ4n) is 2.00. The Morgan fingerprint density at radius 1 is 1.16 bits per heavy atom. The number of nitrogens with one attached hydrogen (secondary N) is 2. The molecule has 0 fully saturated rings. The zero-order valence-corrected chi connectivity index (χ0v) is 13.5. The average Bonchev–Trinajstić information content (AvgIpc) is 3.10. The minimum absolute atomic E-state index is 0.333. The number of aromatic nitrogens is 1. The summed E-state index contributed by atoms with van der Waals surface area (Å²) < 4.78 is 12.9. The van der Waals surface area contributed by atoms with Crippen LogP contribution in [0.25, 0.3) is 21.7 Å². The molecule has 0 bridgehead atoms. The van der Waals surface area contributed by atoms with E-state index in [-0.39, 0.29) is 0 Å². The first-order chi connectivity index (χ1) is 12.2. The molecule has 1 amide bonds. The van der Waals surface area contributed by atoms with Crippen LogP contribution in [-0.2, 0) is 0 Å². The summed E-state index contributed by atoms with van der Waals surface area (Å²) in [6, 6.07) is 12.2. The second-order valence-electron chi connectivity index (χ2n) is 4.86. The van der Waals surface area contributed by atoms with Crippen molar-refractivity contribution >= 4 is 28.1 Å². The first kappa shape index (κ1) is 16.4. The van der Waals surface area contributed by atoms with Crippen molar-refractivity contribution in [3.8, 4) is 11.3 Å². The summed E-state index contributed by atoms with van der Waals surface area (Å²) in [5.74, 6) is -0.795. The Kier molecular flexibility index (Phi) is 4.89. The number of benzene rings is 2. The van der Waals surface area contributed by atoms with Crippen LogP contribution in [0, 0.1) is 5.82 Å². The minimum atomic E-state index is -0.402. The molecular weight excluding hydrogens is 343 g/mol. The van der Waals surface area contributed by atoms with E-state index >= 15 is 0 Å². The third-order valence-corrected chi connectivity index (χ3v) is 3.97. The van der Waals surface area contributed by atoms with Gasteiger partial charge in [0.1, 0.15) is 5.82 Å². The Bertz CT molecular complexity index is 932. The van der Waals surface area contributed by atoms with Crippen LogP contribution in [0.15, 0.2) is 59.0 Å². The van der Waals surface area contributed by atoms with Crippen LogP contribution in [0.2, 0.25) is 0 Å². The molecule has 0 aliphatic rings. The summed E-state index contributed by atoms with van der Waals surface area (Å²) in [4.78, 5) is 19.0. The van der Waals surface area contributed by atoms with E-state index in [9.17, 15) is 9.18 Å². The number of hydrogen-bond acceptors (Lipinski definition) is 5. The molecule has 9 heteroatoms. The van der Waals surface area contributed by atoms with Crippen molar-refractivity contribution in [2.75, 3.05) is 5.43 Å². The number of halogens is 1. The predicted molar refractivity (Wildman–Crippen MR) is 93.8 cm³/mol. The molecule has 0 saturated heterocycles. The Morgan fingerprint density at radius 3 is 2.56 bits per heavy atom. The molecule has 0 spiro atoms. The highest BCUT2D eigenvalue weighted by atomic mass is 32.1. The zero-order chi connectivity index (χ0) is 17.6. The molecule has 124 valence electrons. The molecular formula is C16H11FN6OS.